The summed E-state index contributed by atoms with van der Waals surface area (Å²) in [5, 5.41) is 9.53. The maximum absolute atomic E-state index is 9.53. The van der Waals surface area contributed by atoms with Crippen molar-refractivity contribution in [3.63, 3.8) is 0 Å². The molecule has 1 aromatic heterocycles. The monoisotopic (exact) mass is 365 g/mol. The lowest BCUT2D eigenvalue weighted by Crippen LogP contribution is -2.45. The zero-order valence-electron chi connectivity index (χ0n) is 16.3. The van der Waals surface area contributed by atoms with Crippen LogP contribution >= 0.6 is 0 Å². The van der Waals surface area contributed by atoms with Crippen LogP contribution in [0.4, 0.5) is 11.8 Å². The van der Waals surface area contributed by atoms with Gasteiger partial charge < -0.3 is 16.4 Å². The largest absolute Gasteiger partial charge is 0.382 e. The van der Waals surface area contributed by atoms with Crippen LogP contribution in [-0.4, -0.2) is 52.5 Å². The van der Waals surface area contributed by atoms with Gasteiger partial charge >= 0.3 is 0 Å². The third-order valence-electron chi connectivity index (χ3n) is 5.29. The summed E-state index contributed by atoms with van der Waals surface area (Å²) in [4.78, 5) is 13.2. The van der Waals surface area contributed by atoms with E-state index < -0.39 is 0 Å². The van der Waals surface area contributed by atoms with Crippen molar-refractivity contribution >= 4 is 11.8 Å². The Morgan fingerprint density at radius 3 is 2.37 bits per heavy atom. The molecule has 0 amide bonds. The minimum atomic E-state index is 0.0830. The fourth-order valence-electron chi connectivity index (χ4n) is 3.65. The number of nitrogens with zero attached hydrogens (tertiary/aromatic N) is 5. The van der Waals surface area contributed by atoms with Gasteiger partial charge in [-0.3, -0.25) is 4.90 Å². The molecule has 27 heavy (non-hydrogen) atoms. The topological polar surface area (TPSA) is 108 Å². The second kappa shape index (κ2) is 7.91. The summed E-state index contributed by atoms with van der Waals surface area (Å²) >= 11 is 0. The molecule has 2 aromatic rings. The van der Waals surface area contributed by atoms with Crippen LogP contribution in [0.2, 0.25) is 0 Å². The summed E-state index contributed by atoms with van der Waals surface area (Å²) in [6, 6.07) is 6.38. The first-order valence-electron chi connectivity index (χ1n) is 9.31. The number of nitrogens with two attached hydrogens (primary N) is 2. The number of nitrogen functional groups attached to an aromatic ring is 2. The van der Waals surface area contributed by atoms with Gasteiger partial charge in [-0.25, -0.2) is 4.98 Å². The van der Waals surface area contributed by atoms with E-state index in [0.29, 0.717) is 5.69 Å². The number of piperazine rings is 1. The molecule has 0 atom stereocenters. The Balaban J connectivity index is 1.97. The molecule has 4 N–H and O–H groups in total. The molecule has 0 unspecified atom stereocenters. The van der Waals surface area contributed by atoms with Crippen LogP contribution < -0.4 is 11.5 Å². The first-order chi connectivity index (χ1) is 12.9. The number of aromatic nitrogens is 2. The molecule has 0 spiro atoms. The van der Waals surface area contributed by atoms with Crippen molar-refractivity contribution in [3.05, 3.63) is 34.4 Å². The van der Waals surface area contributed by atoms with Gasteiger partial charge in [-0.05, 0) is 37.6 Å². The van der Waals surface area contributed by atoms with Crippen molar-refractivity contribution < 1.29 is 0 Å². The molecule has 7 nitrogen and oxygen atoms in total. The first-order valence-corrected chi connectivity index (χ1v) is 9.31. The smallest absolute Gasteiger partial charge is 0.222 e. The lowest BCUT2D eigenvalue weighted by molar-refractivity contribution is 0.132. The van der Waals surface area contributed by atoms with Gasteiger partial charge in [-0.1, -0.05) is 18.6 Å². The van der Waals surface area contributed by atoms with E-state index in [1.54, 1.807) is 0 Å². The van der Waals surface area contributed by atoms with Crippen LogP contribution in [0.3, 0.4) is 0 Å². The van der Waals surface area contributed by atoms with E-state index in [0.717, 1.165) is 56.0 Å². The summed E-state index contributed by atoms with van der Waals surface area (Å²) in [5.41, 5.74) is 16.9. The minimum absolute atomic E-state index is 0.0830. The van der Waals surface area contributed by atoms with Crippen molar-refractivity contribution in [1.82, 2.24) is 19.8 Å². The van der Waals surface area contributed by atoms with E-state index >= 15 is 0 Å². The molecule has 1 aliphatic rings. The Morgan fingerprint density at radius 1 is 1.07 bits per heavy atom. The summed E-state index contributed by atoms with van der Waals surface area (Å²) < 4.78 is 0. The van der Waals surface area contributed by atoms with Crippen molar-refractivity contribution in [3.8, 4) is 17.3 Å². The number of rotatable bonds is 4. The first kappa shape index (κ1) is 19.1. The molecular weight excluding hydrogens is 338 g/mol. The summed E-state index contributed by atoms with van der Waals surface area (Å²) in [6.07, 6.45) is 0. The maximum atomic E-state index is 9.53. The Bertz CT molecular complexity index is 877. The zero-order chi connectivity index (χ0) is 19.6. The van der Waals surface area contributed by atoms with Crippen molar-refractivity contribution in [2.24, 2.45) is 0 Å². The van der Waals surface area contributed by atoms with Crippen LogP contribution in [0.25, 0.3) is 11.3 Å². The molecule has 3 rings (SSSR count). The number of aryl methyl sites for hydroxylation is 1. The summed E-state index contributed by atoms with van der Waals surface area (Å²) in [7, 11) is 0. The highest BCUT2D eigenvalue weighted by Crippen LogP contribution is 2.31. The van der Waals surface area contributed by atoms with E-state index in [2.05, 4.69) is 52.7 Å². The van der Waals surface area contributed by atoms with Gasteiger partial charge in [-0.15, -0.1) is 0 Å². The van der Waals surface area contributed by atoms with Gasteiger partial charge in [0.05, 0.1) is 5.69 Å². The van der Waals surface area contributed by atoms with Gasteiger partial charge in [0.2, 0.25) is 5.95 Å². The minimum Gasteiger partial charge on any atom is -0.382 e. The second-order valence-corrected chi connectivity index (χ2v) is 7.11. The Kier molecular flexibility index (Phi) is 5.59. The summed E-state index contributed by atoms with van der Waals surface area (Å²) in [6.45, 7) is 12.7. The van der Waals surface area contributed by atoms with Crippen LogP contribution in [0.15, 0.2) is 12.1 Å². The fraction of sp³-hybridized carbons (Fsp3) is 0.450. The number of nitriles is 1. The third-order valence-corrected chi connectivity index (χ3v) is 5.29. The quantitative estimate of drug-likeness (QED) is 0.852. The third kappa shape index (κ3) is 4.02. The number of hydrogen-bond donors (Lipinski definition) is 2. The number of anilines is 2. The van der Waals surface area contributed by atoms with Gasteiger partial charge in [-0.2, -0.15) is 10.2 Å². The predicted octanol–water partition coefficient (Wildman–Crippen LogP) is 1.93. The molecule has 0 radical (unpaired) electrons. The highest BCUT2D eigenvalue weighted by Gasteiger charge is 2.20. The number of hydrogen-bond acceptors (Lipinski definition) is 7. The van der Waals surface area contributed by atoms with Crippen molar-refractivity contribution in [2.45, 2.75) is 27.3 Å². The molecule has 1 saturated heterocycles. The van der Waals surface area contributed by atoms with E-state index in [1.807, 2.05) is 6.07 Å². The number of likely N-dealkylation sites (N-methyl/N-ethyl adjacent to an activating group) is 1. The van der Waals surface area contributed by atoms with E-state index in [1.165, 1.54) is 5.56 Å². The van der Waals surface area contributed by atoms with E-state index in [-0.39, 0.29) is 17.3 Å². The predicted molar refractivity (Wildman–Crippen MR) is 108 cm³/mol. The van der Waals surface area contributed by atoms with Crippen molar-refractivity contribution in [1.29, 1.82) is 5.26 Å². The van der Waals surface area contributed by atoms with E-state index in [9.17, 15) is 5.26 Å². The summed E-state index contributed by atoms with van der Waals surface area (Å²) in [5.74, 6) is 0.206. The van der Waals surface area contributed by atoms with Gasteiger partial charge in [0.15, 0.2) is 0 Å². The van der Waals surface area contributed by atoms with Crippen LogP contribution in [0, 0.1) is 25.2 Å². The molecule has 1 fully saturated rings. The highest BCUT2D eigenvalue weighted by molar-refractivity contribution is 5.76. The average molecular weight is 365 g/mol. The molecule has 2 heterocycles. The molecule has 7 heteroatoms. The lowest BCUT2D eigenvalue weighted by atomic mass is 9.94. The maximum Gasteiger partial charge on any atom is 0.222 e. The second-order valence-electron chi connectivity index (χ2n) is 7.11. The Labute approximate surface area is 160 Å². The molecule has 0 bridgehead atoms. The molecule has 0 aliphatic carbocycles. The average Bonchev–Trinajstić information content (AvgIpc) is 2.64. The van der Waals surface area contributed by atoms with Gasteiger partial charge in [0, 0.05) is 38.3 Å². The van der Waals surface area contributed by atoms with Crippen LogP contribution in [0.5, 0.6) is 0 Å². The van der Waals surface area contributed by atoms with Gasteiger partial charge in [0.1, 0.15) is 17.5 Å². The van der Waals surface area contributed by atoms with Crippen LogP contribution in [-0.2, 0) is 6.54 Å². The van der Waals surface area contributed by atoms with E-state index in [4.69, 9.17) is 11.5 Å². The zero-order valence-corrected chi connectivity index (χ0v) is 16.3. The SMILES string of the molecule is CCN1CCN(Cc2cc(C)cc(-c3nc(N)nc(N)c3C#N)c2C)CC1. The molecule has 142 valence electrons. The number of benzene rings is 1. The Hall–Kier alpha value is -2.69. The molecule has 0 saturated carbocycles. The Morgan fingerprint density at radius 2 is 1.74 bits per heavy atom. The fourth-order valence-corrected chi connectivity index (χ4v) is 3.65. The van der Waals surface area contributed by atoms with Crippen LogP contribution in [0.1, 0.15) is 29.2 Å². The molecule has 1 aliphatic heterocycles. The standard InChI is InChI=1S/C20H27N7/c1-4-26-5-7-27(8-6-26)12-15-9-13(2)10-16(14(15)3)18-17(11-21)19(22)25-20(23)24-18/h9-10H,4-8,12H2,1-3H3,(H4,22,23,24,25). The lowest BCUT2D eigenvalue weighted by Gasteiger charge is -2.34. The molecule has 1 aromatic carbocycles. The van der Waals surface area contributed by atoms with Crippen molar-refractivity contribution in [2.75, 3.05) is 44.2 Å². The molecular formula is C20H27N7. The van der Waals surface area contributed by atoms with Gasteiger partial charge in [0.25, 0.3) is 0 Å². The normalized spacial score (nSPS) is 15.6. The highest BCUT2D eigenvalue weighted by atomic mass is 15.3.